The minimum absolute atomic E-state index is 0.132. The highest BCUT2D eigenvalue weighted by Gasteiger charge is 2.19. The number of carbonyl (C=O) groups is 1. The molecule has 1 aliphatic rings. The number of primary amides is 1. The largest absolute Gasteiger partial charge is 0.446 e. The maximum Gasteiger partial charge on any atom is 0.404 e. The Kier molecular flexibility index (Phi) is 5.16. The normalized spacial score (nSPS) is 13.7. The summed E-state index contributed by atoms with van der Waals surface area (Å²) in [5.41, 5.74) is 6.32. The Balaban J connectivity index is 0.000000206. The molecule has 1 heterocycles. The first-order chi connectivity index (χ1) is 12.4. The lowest BCUT2D eigenvalue weighted by Crippen LogP contribution is -2.27. The molecule has 1 fully saturated rings. The zero-order chi connectivity index (χ0) is 18.7. The van der Waals surface area contributed by atoms with E-state index in [2.05, 4.69) is 9.72 Å². The van der Waals surface area contributed by atoms with Crippen molar-refractivity contribution in [2.24, 2.45) is 5.73 Å². The van der Waals surface area contributed by atoms with Crippen molar-refractivity contribution in [2.75, 3.05) is 0 Å². The maximum absolute atomic E-state index is 13.5. The monoisotopic (exact) mass is 362 g/mol. The van der Waals surface area contributed by atoms with Gasteiger partial charge in [-0.3, -0.25) is 0 Å². The molecule has 0 unspecified atom stereocenters. The Morgan fingerprint density at radius 2 is 1.73 bits per heavy atom. The van der Waals surface area contributed by atoms with Gasteiger partial charge in [0.2, 0.25) is 0 Å². The Morgan fingerprint density at radius 1 is 1.04 bits per heavy atom. The van der Waals surface area contributed by atoms with E-state index in [1.807, 2.05) is 0 Å². The first-order valence-corrected chi connectivity index (χ1v) is 8.12. The zero-order valence-electron chi connectivity index (χ0n) is 13.8. The summed E-state index contributed by atoms with van der Waals surface area (Å²) >= 11 is 0. The number of benzene rings is 2. The number of carbonyl (C=O) groups excluding carboxylic acids is 1. The summed E-state index contributed by atoms with van der Waals surface area (Å²) in [6.45, 7) is 0. The Labute approximate surface area is 147 Å². The summed E-state index contributed by atoms with van der Waals surface area (Å²) < 4.78 is 44.0. The summed E-state index contributed by atoms with van der Waals surface area (Å²) in [5.74, 6) is -1.60. The van der Waals surface area contributed by atoms with E-state index in [0.717, 1.165) is 25.3 Å². The van der Waals surface area contributed by atoms with Crippen LogP contribution in [0.4, 0.5) is 18.0 Å². The molecule has 0 atom stereocenters. The van der Waals surface area contributed by atoms with Gasteiger partial charge in [0.05, 0.1) is 5.52 Å². The molecular weight excluding hydrogens is 345 g/mol. The van der Waals surface area contributed by atoms with Gasteiger partial charge in [-0.15, -0.1) is 0 Å². The molecule has 4 rings (SSSR count). The van der Waals surface area contributed by atoms with Gasteiger partial charge in [0.25, 0.3) is 0 Å². The van der Waals surface area contributed by atoms with Gasteiger partial charge >= 0.3 is 6.09 Å². The van der Waals surface area contributed by atoms with E-state index in [0.29, 0.717) is 16.6 Å². The topological polar surface area (TPSA) is 68.1 Å². The minimum atomic E-state index is -0.644. The van der Waals surface area contributed by atoms with Crippen LogP contribution in [0.25, 0.3) is 22.2 Å². The van der Waals surface area contributed by atoms with Crippen molar-refractivity contribution in [3.63, 3.8) is 0 Å². The first-order valence-electron chi connectivity index (χ1n) is 8.12. The molecule has 0 aliphatic heterocycles. The van der Waals surface area contributed by atoms with Crippen LogP contribution < -0.4 is 5.73 Å². The van der Waals surface area contributed by atoms with Gasteiger partial charge in [0.15, 0.2) is 0 Å². The maximum atomic E-state index is 13.5. The number of aromatic amines is 1. The fourth-order valence-electron chi connectivity index (χ4n) is 2.60. The molecule has 0 spiro atoms. The van der Waals surface area contributed by atoms with Crippen molar-refractivity contribution in [1.82, 2.24) is 4.98 Å². The average molecular weight is 362 g/mol. The molecule has 1 aliphatic carbocycles. The molecule has 7 heteroatoms. The molecule has 3 N–H and O–H groups in total. The molecule has 1 saturated carbocycles. The number of nitrogens with two attached hydrogens (primary N) is 1. The molecule has 26 heavy (non-hydrogen) atoms. The third-order valence-corrected chi connectivity index (χ3v) is 4.14. The molecule has 2 aromatic carbocycles. The molecule has 1 aromatic heterocycles. The molecule has 0 radical (unpaired) electrons. The van der Waals surface area contributed by atoms with Crippen LogP contribution in [-0.4, -0.2) is 17.2 Å². The highest BCUT2D eigenvalue weighted by Crippen LogP contribution is 2.26. The van der Waals surface area contributed by atoms with Gasteiger partial charge in [-0.05, 0) is 61.2 Å². The molecule has 0 bridgehead atoms. The number of aromatic nitrogens is 1. The van der Waals surface area contributed by atoms with Gasteiger partial charge in [0, 0.05) is 17.1 Å². The predicted molar refractivity (Wildman–Crippen MR) is 91.9 cm³/mol. The van der Waals surface area contributed by atoms with Crippen LogP contribution in [0.1, 0.15) is 19.3 Å². The van der Waals surface area contributed by atoms with E-state index in [9.17, 15) is 18.0 Å². The van der Waals surface area contributed by atoms with Crippen molar-refractivity contribution < 1.29 is 22.7 Å². The van der Waals surface area contributed by atoms with E-state index in [1.54, 1.807) is 18.2 Å². The van der Waals surface area contributed by atoms with Crippen molar-refractivity contribution >= 4 is 17.0 Å². The third-order valence-electron chi connectivity index (χ3n) is 4.14. The number of hydrogen-bond donors (Lipinski definition) is 2. The van der Waals surface area contributed by atoms with E-state index in [4.69, 9.17) is 5.73 Å². The molecule has 0 saturated heterocycles. The minimum Gasteiger partial charge on any atom is -0.446 e. The third kappa shape index (κ3) is 4.17. The summed E-state index contributed by atoms with van der Waals surface area (Å²) in [4.78, 5) is 12.9. The van der Waals surface area contributed by atoms with Crippen molar-refractivity contribution in [2.45, 2.75) is 25.4 Å². The van der Waals surface area contributed by atoms with E-state index in [1.165, 1.54) is 18.2 Å². The Bertz CT molecular complexity index is 918. The fraction of sp³-hybridized carbons (Fsp3) is 0.211. The van der Waals surface area contributed by atoms with Gasteiger partial charge in [0.1, 0.15) is 23.6 Å². The van der Waals surface area contributed by atoms with E-state index < -0.39 is 17.7 Å². The highest BCUT2D eigenvalue weighted by molar-refractivity contribution is 5.86. The number of nitrogens with one attached hydrogen (secondary N) is 1. The summed E-state index contributed by atoms with van der Waals surface area (Å²) in [6, 6.07) is 9.50. The van der Waals surface area contributed by atoms with Crippen molar-refractivity contribution in [1.29, 1.82) is 0 Å². The number of rotatable bonds is 2. The molecule has 4 nitrogen and oxygen atoms in total. The number of H-pyrrole nitrogens is 1. The predicted octanol–water partition coefficient (Wildman–Crippen LogP) is 4.89. The number of ether oxygens (including phenoxy) is 1. The molecule has 1 amide bonds. The van der Waals surface area contributed by atoms with Crippen LogP contribution in [-0.2, 0) is 4.74 Å². The first kappa shape index (κ1) is 17.8. The molecular formula is C19H17F3N2O2. The Morgan fingerprint density at radius 3 is 2.27 bits per heavy atom. The second-order valence-corrected chi connectivity index (χ2v) is 6.03. The number of fused-ring (bicyclic) bond motifs is 1. The van der Waals surface area contributed by atoms with Crippen LogP contribution in [0, 0.1) is 17.5 Å². The summed E-state index contributed by atoms with van der Waals surface area (Å²) in [7, 11) is 0. The van der Waals surface area contributed by atoms with Gasteiger partial charge in [-0.1, -0.05) is 0 Å². The van der Waals surface area contributed by atoms with Crippen molar-refractivity contribution in [3.05, 3.63) is 59.9 Å². The van der Waals surface area contributed by atoms with Crippen molar-refractivity contribution in [3.8, 4) is 11.3 Å². The summed E-state index contributed by atoms with van der Waals surface area (Å²) in [6.07, 6.45) is 2.63. The van der Waals surface area contributed by atoms with Crippen LogP contribution in [0.5, 0.6) is 0 Å². The second kappa shape index (κ2) is 7.51. The van der Waals surface area contributed by atoms with Gasteiger partial charge < -0.3 is 15.5 Å². The van der Waals surface area contributed by atoms with E-state index in [-0.39, 0.29) is 17.4 Å². The second-order valence-electron chi connectivity index (χ2n) is 6.03. The Hall–Kier alpha value is -2.96. The lowest BCUT2D eigenvalue weighted by Gasteiger charge is -2.23. The highest BCUT2D eigenvalue weighted by atomic mass is 19.1. The SMILES string of the molecule is Fc1ccc(-c2cc3cc(F)cc(F)c3[nH]2)cc1.NC(=O)OC1CCC1. The van der Waals surface area contributed by atoms with Crippen LogP contribution in [0.3, 0.4) is 0 Å². The zero-order valence-corrected chi connectivity index (χ0v) is 13.8. The van der Waals surface area contributed by atoms with Crippen LogP contribution >= 0.6 is 0 Å². The average Bonchev–Trinajstić information content (AvgIpc) is 2.96. The fourth-order valence-corrected chi connectivity index (χ4v) is 2.60. The molecule has 136 valence electrons. The van der Waals surface area contributed by atoms with Crippen LogP contribution in [0.15, 0.2) is 42.5 Å². The number of halogens is 3. The number of hydrogen-bond acceptors (Lipinski definition) is 2. The summed E-state index contributed by atoms with van der Waals surface area (Å²) in [5, 5.41) is 0.451. The lowest BCUT2D eigenvalue weighted by molar-refractivity contribution is 0.0591. The van der Waals surface area contributed by atoms with Gasteiger partial charge in [-0.2, -0.15) is 0 Å². The smallest absolute Gasteiger partial charge is 0.404 e. The van der Waals surface area contributed by atoms with Crippen LogP contribution in [0.2, 0.25) is 0 Å². The number of amides is 1. The van der Waals surface area contributed by atoms with E-state index >= 15 is 0 Å². The standard InChI is InChI=1S/C14H8F3N.C5H9NO2/c15-10-3-1-8(2-4-10)13-6-9-5-11(16)7-12(17)14(9)18-13;6-5(7)8-4-2-1-3-4/h1-7,18H;4H,1-3H2,(H2,6,7). The quantitative estimate of drug-likeness (QED) is 0.682. The van der Waals surface area contributed by atoms with Gasteiger partial charge in [-0.25, -0.2) is 18.0 Å². The lowest BCUT2D eigenvalue weighted by atomic mass is 9.96. The molecule has 3 aromatic rings.